The molecule has 0 spiro atoms. The Hall–Kier alpha value is -2.57. The topological polar surface area (TPSA) is 36.3 Å². The van der Waals surface area contributed by atoms with E-state index in [1.165, 1.54) is 11.1 Å². The maximum atomic E-state index is 8.79. The molecular weight excluding hydrogens is 284 g/mol. The van der Waals surface area contributed by atoms with E-state index < -0.39 is 0 Å². The van der Waals surface area contributed by atoms with E-state index in [2.05, 4.69) is 48.4 Å². The van der Waals surface area contributed by atoms with Crippen molar-refractivity contribution in [1.29, 1.82) is 5.26 Å². The number of nitriles is 1. The van der Waals surface area contributed by atoms with Gasteiger partial charge in [0.2, 0.25) is 0 Å². The van der Waals surface area contributed by atoms with Crippen molar-refractivity contribution in [1.82, 2.24) is 4.90 Å². The van der Waals surface area contributed by atoms with Gasteiger partial charge in [-0.25, -0.2) is 0 Å². The molecule has 0 unspecified atom stereocenters. The first-order valence-corrected chi connectivity index (χ1v) is 7.84. The molecule has 2 aromatic rings. The first-order chi connectivity index (χ1) is 11.2. The van der Waals surface area contributed by atoms with Crippen LogP contribution in [0, 0.1) is 11.3 Å². The summed E-state index contributed by atoms with van der Waals surface area (Å²) in [6.45, 7) is 2.61. The molecule has 3 nitrogen and oxygen atoms in total. The molecule has 1 aliphatic rings. The predicted octanol–water partition coefficient (Wildman–Crippen LogP) is 3.64. The van der Waals surface area contributed by atoms with Gasteiger partial charge < -0.3 is 4.74 Å². The minimum atomic E-state index is 0.694. The molecule has 0 amide bonds. The summed E-state index contributed by atoms with van der Waals surface area (Å²) in [5, 5.41) is 8.79. The zero-order valence-electron chi connectivity index (χ0n) is 13.3. The fraction of sp³-hybridized carbons (Fsp3) is 0.250. The second kappa shape index (κ2) is 7.13. The molecule has 1 aliphatic heterocycles. The number of benzene rings is 2. The van der Waals surface area contributed by atoms with Crippen molar-refractivity contribution in [2.45, 2.75) is 13.0 Å². The van der Waals surface area contributed by atoms with Gasteiger partial charge in [-0.3, -0.25) is 4.90 Å². The van der Waals surface area contributed by atoms with Crippen LogP contribution >= 0.6 is 0 Å². The number of ether oxygens (including phenoxy) is 1. The number of fused-ring (bicyclic) bond motifs is 1. The van der Waals surface area contributed by atoms with Crippen molar-refractivity contribution in [3.63, 3.8) is 0 Å². The van der Waals surface area contributed by atoms with E-state index in [9.17, 15) is 0 Å². The highest BCUT2D eigenvalue weighted by atomic mass is 16.5. The van der Waals surface area contributed by atoms with Gasteiger partial charge in [0.05, 0.1) is 18.2 Å². The average molecular weight is 304 g/mol. The molecule has 3 heteroatoms. The van der Waals surface area contributed by atoms with Crippen LogP contribution < -0.4 is 4.74 Å². The van der Waals surface area contributed by atoms with Gasteiger partial charge in [-0.05, 0) is 41.9 Å². The second-order valence-corrected chi connectivity index (χ2v) is 5.87. The SMILES string of the molecule is CN(C/C=C/c1ccc(C#N)cc1)Cc1ccc2c(c1)CCO2. The zero-order chi connectivity index (χ0) is 16.1. The quantitative estimate of drug-likeness (QED) is 0.846. The van der Waals surface area contributed by atoms with Crippen LogP contribution in [0.4, 0.5) is 0 Å². The summed E-state index contributed by atoms with van der Waals surface area (Å²) in [4.78, 5) is 2.28. The largest absolute Gasteiger partial charge is 0.493 e. The maximum Gasteiger partial charge on any atom is 0.122 e. The van der Waals surface area contributed by atoms with Crippen LogP contribution in [0.5, 0.6) is 5.75 Å². The molecule has 0 bridgehead atoms. The fourth-order valence-corrected chi connectivity index (χ4v) is 2.75. The van der Waals surface area contributed by atoms with Gasteiger partial charge in [0.25, 0.3) is 0 Å². The van der Waals surface area contributed by atoms with Crippen molar-refractivity contribution in [3.8, 4) is 11.8 Å². The summed E-state index contributed by atoms with van der Waals surface area (Å²) in [5.41, 5.74) is 4.46. The monoisotopic (exact) mass is 304 g/mol. The van der Waals surface area contributed by atoms with E-state index in [1.54, 1.807) is 0 Å². The predicted molar refractivity (Wildman–Crippen MR) is 92.2 cm³/mol. The Balaban J connectivity index is 1.53. The van der Waals surface area contributed by atoms with Crippen molar-refractivity contribution in [2.75, 3.05) is 20.2 Å². The van der Waals surface area contributed by atoms with Crippen molar-refractivity contribution < 1.29 is 4.74 Å². The van der Waals surface area contributed by atoms with Crippen LogP contribution in [0.15, 0.2) is 48.5 Å². The third kappa shape index (κ3) is 4.00. The number of rotatable bonds is 5. The van der Waals surface area contributed by atoms with Crippen LogP contribution in [-0.4, -0.2) is 25.1 Å². The summed E-state index contributed by atoms with van der Waals surface area (Å²) in [6, 6.07) is 16.2. The van der Waals surface area contributed by atoms with Crippen molar-refractivity contribution in [2.24, 2.45) is 0 Å². The van der Waals surface area contributed by atoms with E-state index in [0.29, 0.717) is 5.56 Å². The molecule has 0 saturated carbocycles. The summed E-state index contributed by atoms with van der Waals surface area (Å²) in [5.74, 6) is 1.04. The number of nitrogens with zero attached hydrogens (tertiary/aromatic N) is 2. The smallest absolute Gasteiger partial charge is 0.122 e. The first-order valence-electron chi connectivity index (χ1n) is 7.84. The fourth-order valence-electron chi connectivity index (χ4n) is 2.75. The molecule has 0 aromatic heterocycles. The Morgan fingerprint density at radius 2 is 2.04 bits per heavy atom. The van der Waals surface area contributed by atoms with E-state index in [4.69, 9.17) is 10.00 Å². The first kappa shape index (κ1) is 15.3. The van der Waals surface area contributed by atoms with E-state index in [-0.39, 0.29) is 0 Å². The lowest BCUT2D eigenvalue weighted by Gasteiger charge is -2.15. The molecule has 2 aromatic carbocycles. The van der Waals surface area contributed by atoms with E-state index in [0.717, 1.165) is 37.4 Å². The van der Waals surface area contributed by atoms with Gasteiger partial charge in [0.15, 0.2) is 0 Å². The Bertz CT molecular complexity index is 741. The van der Waals surface area contributed by atoms with Crippen LogP contribution in [-0.2, 0) is 13.0 Å². The summed E-state index contributed by atoms with van der Waals surface area (Å²) < 4.78 is 5.54. The lowest BCUT2D eigenvalue weighted by Crippen LogP contribution is -2.17. The highest BCUT2D eigenvalue weighted by Crippen LogP contribution is 2.26. The zero-order valence-corrected chi connectivity index (χ0v) is 13.3. The number of hydrogen-bond acceptors (Lipinski definition) is 3. The Kier molecular flexibility index (Phi) is 4.75. The van der Waals surface area contributed by atoms with Crippen molar-refractivity contribution in [3.05, 3.63) is 70.8 Å². The van der Waals surface area contributed by atoms with Gasteiger partial charge in [-0.15, -0.1) is 0 Å². The van der Waals surface area contributed by atoms with Crippen LogP contribution in [0.25, 0.3) is 6.08 Å². The number of likely N-dealkylation sites (N-methyl/N-ethyl adjacent to an activating group) is 1. The van der Waals surface area contributed by atoms with Crippen molar-refractivity contribution >= 4 is 6.08 Å². The molecule has 0 aliphatic carbocycles. The van der Waals surface area contributed by atoms with E-state index >= 15 is 0 Å². The highest BCUT2D eigenvalue weighted by molar-refractivity contribution is 5.51. The normalized spacial score (nSPS) is 13.1. The third-order valence-electron chi connectivity index (χ3n) is 3.97. The lowest BCUT2D eigenvalue weighted by atomic mass is 10.1. The molecule has 0 N–H and O–H groups in total. The summed E-state index contributed by atoms with van der Waals surface area (Å²) in [6.07, 6.45) is 5.26. The highest BCUT2D eigenvalue weighted by Gasteiger charge is 2.12. The van der Waals surface area contributed by atoms with Gasteiger partial charge in [0.1, 0.15) is 5.75 Å². The van der Waals surface area contributed by atoms with Gasteiger partial charge in [-0.2, -0.15) is 5.26 Å². The molecular formula is C20H20N2O. The minimum absolute atomic E-state index is 0.694. The van der Waals surface area contributed by atoms with Gasteiger partial charge in [-0.1, -0.05) is 36.4 Å². The summed E-state index contributed by atoms with van der Waals surface area (Å²) >= 11 is 0. The van der Waals surface area contributed by atoms with Crippen LogP contribution in [0.2, 0.25) is 0 Å². The maximum absolute atomic E-state index is 8.79. The Morgan fingerprint density at radius 1 is 1.22 bits per heavy atom. The van der Waals surface area contributed by atoms with Gasteiger partial charge in [0, 0.05) is 19.5 Å². The Morgan fingerprint density at radius 3 is 2.83 bits per heavy atom. The van der Waals surface area contributed by atoms with Gasteiger partial charge >= 0.3 is 0 Å². The molecule has 0 radical (unpaired) electrons. The van der Waals surface area contributed by atoms with Crippen LogP contribution in [0.1, 0.15) is 22.3 Å². The molecule has 116 valence electrons. The molecule has 0 saturated heterocycles. The lowest BCUT2D eigenvalue weighted by molar-refractivity contribution is 0.356. The molecule has 3 rings (SSSR count). The standard InChI is InChI=1S/C20H20N2O/c1-22(11-2-3-16-4-6-17(14-21)7-5-16)15-18-8-9-20-19(13-18)10-12-23-20/h2-9,13H,10-12,15H2,1H3/b3-2+. The second-order valence-electron chi connectivity index (χ2n) is 5.87. The average Bonchev–Trinajstić information content (AvgIpc) is 3.03. The Labute approximate surface area is 137 Å². The van der Waals surface area contributed by atoms with Crippen LogP contribution in [0.3, 0.4) is 0 Å². The molecule has 0 atom stereocenters. The summed E-state index contributed by atoms with van der Waals surface area (Å²) in [7, 11) is 2.12. The molecule has 1 heterocycles. The minimum Gasteiger partial charge on any atom is -0.493 e. The van der Waals surface area contributed by atoms with E-state index in [1.807, 2.05) is 24.3 Å². The third-order valence-corrected chi connectivity index (χ3v) is 3.97. The number of hydrogen-bond donors (Lipinski definition) is 0. The molecule has 23 heavy (non-hydrogen) atoms. The molecule has 0 fully saturated rings.